The van der Waals surface area contributed by atoms with Crippen LogP contribution in [0.15, 0.2) is 54.7 Å². The number of carbonyl (C=O) groups excluding carboxylic acids is 2. The number of hydrogen-bond acceptors (Lipinski definition) is 3. The van der Waals surface area contributed by atoms with Crippen molar-refractivity contribution in [2.75, 3.05) is 5.32 Å². The van der Waals surface area contributed by atoms with Gasteiger partial charge in [0, 0.05) is 18.2 Å². The number of aromatic nitrogens is 2. The molecule has 156 valence electrons. The number of anilines is 1. The maximum atomic E-state index is 12.8. The van der Waals surface area contributed by atoms with Crippen LogP contribution < -0.4 is 10.6 Å². The molecular weight excluding hydrogens is 376 g/mol. The summed E-state index contributed by atoms with van der Waals surface area (Å²) in [5, 5.41) is 10.3. The molecule has 0 aliphatic rings. The maximum Gasteiger partial charge on any atom is 0.255 e. The number of nitrogens with one attached hydrogen (secondary N) is 2. The number of rotatable bonds is 7. The summed E-state index contributed by atoms with van der Waals surface area (Å²) in [6.45, 7) is 8.16. The van der Waals surface area contributed by atoms with E-state index in [4.69, 9.17) is 0 Å². The van der Waals surface area contributed by atoms with E-state index >= 15 is 0 Å². The minimum Gasteiger partial charge on any atom is -0.348 e. The molecule has 6 heteroatoms. The average molecular weight is 405 g/mol. The fourth-order valence-electron chi connectivity index (χ4n) is 3.08. The average Bonchev–Trinajstić information content (AvgIpc) is 3.17. The molecule has 0 radical (unpaired) electrons. The number of aryl methyl sites for hydroxylation is 1. The minimum atomic E-state index is -0.151. The lowest BCUT2D eigenvalue weighted by molar-refractivity contribution is -0.118. The SMILES string of the molecule is CCc1c(C(=O)NCc2ccc(NC(=O)C(C)C)cc2)cnn1-c1ccc(C)cc1. The van der Waals surface area contributed by atoms with Gasteiger partial charge in [-0.3, -0.25) is 9.59 Å². The van der Waals surface area contributed by atoms with Crippen molar-refractivity contribution in [2.24, 2.45) is 5.92 Å². The molecule has 0 bridgehead atoms. The lowest BCUT2D eigenvalue weighted by Gasteiger charge is -2.10. The largest absolute Gasteiger partial charge is 0.348 e. The molecule has 2 N–H and O–H groups in total. The summed E-state index contributed by atoms with van der Waals surface area (Å²) >= 11 is 0. The van der Waals surface area contributed by atoms with E-state index in [0.717, 1.165) is 22.6 Å². The Labute approximate surface area is 177 Å². The van der Waals surface area contributed by atoms with E-state index in [0.29, 0.717) is 18.5 Å². The van der Waals surface area contributed by atoms with Crippen molar-refractivity contribution in [3.8, 4) is 5.69 Å². The maximum absolute atomic E-state index is 12.8. The molecule has 0 saturated heterocycles. The summed E-state index contributed by atoms with van der Waals surface area (Å²) in [5.41, 5.74) is 5.28. The number of carbonyl (C=O) groups is 2. The van der Waals surface area contributed by atoms with Gasteiger partial charge < -0.3 is 10.6 Å². The zero-order valence-electron chi connectivity index (χ0n) is 17.9. The molecule has 1 heterocycles. The molecule has 1 aromatic heterocycles. The monoisotopic (exact) mass is 404 g/mol. The van der Waals surface area contributed by atoms with E-state index in [1.807, 2.05) is 80.9 Å². The minimum absolute atomic E-state index is 0.0197. The Morgan fingerprint density at radius 3 is 2.30 bits per heavy atom. The molecule has 3 rings (SSSR count). The van der Waals surface area contributed by atoms with Crippen LogP contribution in [0.3, 0.4) is 0 Å². The first-order valence-corrected chi connectivity index (χ1v) is 10.2. The predicted molar refractivity (Wildman–Crippen MR) is 119 cm³/mol. The molecule has 3 aromatic rings. The highest BCUT2D eigenvalue weighted by molar-refractivity contribution is 5.95. The third-order valence-electron chi connectivity index (χ3n) is 4.93. The molecule has 30 heavy (non-hydrogen) atoms. The molecule has 0 atom stereocenters. The first-order valence-electron chi connectivity index (χ1n) is 10.2. The topological polar surface area (TPSA) is 76.0 Å². The van der Waals surface area contributed by atoms with Gasteiger partial charge in [-0.05, 0) is 43.2 Å². The van der Waals surface area contributed by atoms with Gasteiger partial charge in [0.15, 0.2) is 0 Å². The first-order chi connectivity index (χ1) is 14.4. The molecule has 0 saturated carbocycles. The molecule has 0 aliphatic carbocycles. The summed E-state index contributed by atoms with van der Waals surface area (Å²) in [4.78, 5) is 24.5. The number of benzene rings is 2. The summed E-state index contributed by atoms with van der Waals surface area (Å²) in [6.07, 6.45) is 2.32. The molecule has 2 aromatic carbocycles. The van der Waals surface area contributed by atoms with Crippen molar-refractivity contribution < 1.29 is 9.59 Å². The van der Waals surface area contributed by atoms with Crippen LogP contribution >= 0.6 is 0 Å². The molecule has 0 unspecified atom stereocenters. The Morgan fingerprint density at radius 2 is 1.70 bits per heavy atom. The highest BCUT2D eigenvalue weighted by atomic mass is 16.2. The Hall–Kier alpha value is -3.41. The van der Waals surface area contributed by atoms with Crippen LogP contribution in [0.2, 0.25) is 0 Å². The molecule has 0 spiro atoms. The zero-order chi connectivity index (χ0) is 21.7. The van der Waals surface area contributed by atoms with Gasteiger partial charge in [0.1, 0.15) is 0 Å². The van der Waals surface area contributed by atoms with Gasteiger partial charge in [-0.2, -0.15) is 5.10 Å². The summed E-state index contributed by atoms with van der Waals surface area (Å²) in [6, 6.07) is 15.5. The van der Waals surface area contributed by atoms with Crippen molar-refractivity contribution in [1.82, 2.24) is 15.1 Å². The summed E-state index contributed by atoms with van der Waals surface area (Å²) < 4.78 is 1.82. The Kier molecular flexibility index (Phi) is 6.67. The van der Waals surface area contributed by atoms with Gasteiger partial charge in [0.2, 0.25) is 5.91 Å². The third-order valence-corrected chi connectivity index (χ3v) is 4.93. The normalized spacial score (nSPS) is 10.8. The lowest BCUT2D eigenvalue weighted by atomic mass is 10.1. The van der Waals surface area contributed by atoms with Crippen LogP contribution in [-0.2, 0) is 17.8 Å². The number of hydrogen-bond donors (Lipinski definition) is 2. The second-order valence-corrected chi connectivity index (χ2v) is 7.63. The highest BCUT2D eigenvalue weighted by Crippen LogP contribution is 2.17. The van der Waals surface area contributed by atoms with E-state index < -0.39 is 0 Å². The lowest BCUT2D eigenvalue weighted by Crippen LogP contribution is -2.24. The second-order valence-electron chi connectivity index (χ2n) is 7.63. The number of amides is 2. The molecule has 0 aliphatic heterocycles. The van der Waals surface area contributed by atoms with E-state index in [1.165, 1.54) is 5.56 Å². The van der Waals surface area contributed by atoms with E-state index in [2.05, 4.69) is 15.7 Å². The van der Waals surface area contributed by atoms with Gasteiger partial charge >= 0.3 is 0 Å². The molecule has 0 fully saturated rings. The van der Waals surface area contributed by atoms with E-state index in [1.54, 1.807) is 6.20 Å². The van der Waals surface area contributed by atoms with Crippen LogP contribution in [0, 0.1) is 12.8 Å². The smallest absolute Gasteiger partial charge is 0.255 e. The van der Waals surface area contributed by atoms with Crippen molar-refractivity contribution in [3.63, 3.8) is 0 Å². The molecule has 2 amide bonds. The van der Waals surface area contributed by atoms with E-state index in [9.17, 15) is 9.59 Å². The van der Waals surface area contributed by atoms with Crippen LogP contribution in [0.4, 0.5) is 5.69 Å². The van der Waals surface area contributed by atoms with E-state index in [-0.39, 0.29) is 17.7 Å². The Balaban J connectivity index is 1.66. The van der Waals surface area contributed by atoms with Gasteiger partial charge in [-0.25, -0.2) is 4.68 Å². The Bertz CT molecular complexity index is 1020. The van der Waals surface area contributed by atoms with Crippen LogP contribution in [0.25, 0.3) is 5.69 Å². The van der Waals surface area contributed by atoms with Gasteiger partial charge in [0.25, 0.3) is 5.91 Å². The second kappa shape index (κ2) is 9.39. The van der Waals surface area contributed by atoms with Crippen LogP contribution in [0.1, 0.15) is 48.0 Å². The fourth-order valence-corrected chi connectivity index (χ4v) is 3.08. The standard InChI is InChI=1S/C24H28N4O2/c1-5-22-21(15-26-28(22)20-12-6-17(4)7-13-20)24(30)25-14-18-8-10-19(11-9-18)27-23(29)16(2)3/h6-13,15-16H,5,14H2,1-4H3,(H,25,30)(H,27,29). The quantitative estimate of drug-likeness (QED) is 0.617. The van der Waals surface area contributed by atoms with Crippen molar-refractivity contribution in [2.45, 2.75) is 40.7 Å². The van der Waals surface area contributed by atoms with Crippen molar-refractivity contribution in [1.29, 1.82) is 0 Å². The number of nitrogens with zero attached hydrogens (tertiary/aromatic N) is 2. The predicted octanol–water partition coefficient (Wildman–Crippen LogP) is 4.27. The van der Waals surface area contributed by atoms with Crippen LogP contribution in [-0.4, -0.2) is 21.6 Å². The highest BCUT2D eigenvalue weighted by Gasteiger charge is 2.17. The van der Waals surface area contributed by atoms with Gasteiger partial charge in [-0.1, -0.05) is 50.6 Å². The molecule has 6 nitrogen and oxygen atoms in total. The summed E-state index contributed by atoms with van der Waals surface area (Å²) in [5.74, 6) is -0.242. The fraction of sp³-hybridized carbons (Fsp3) is 0.292. The Morgan fingerprint density at radius 1 is 1.03 bits per heavy atom. The van der Waals surface area contributed by atoms with Gasteiger partial charge in [-0.15, -0.1) is 0 Å². The first kappa shape index (κ1) is 21.3. The zero-order valence-corrected chi connectivity index (χ0v) is 17.9. The van der Waals surface area contributed by atoms with Crippen molar-refractivity contribution >= 4 is 17.5 Å². The van der Waals surface area contributed by atoms with Crippen LogP contribution in [0.5, 0.6) is 0 Å². The summed E-state index contributed by atoms with van der Waals surface area (Å²) in [7, 11) is 0. The molecular formula is C24H28N4O2. The third kappa shape index (κ3) is 4.95. The van der Waals surface area contributed by atoms with Crippen molar-refractivity contribution in [3.05, 3.63) is 77.1 Å². The van der Waals surface area contributed by atoms with Gasteiger partial charge in [0.05, 0.1) is 23.1 Å².